The molecule has 0 spiro atoms. The Morgan fingerprint density at radius 3 is 2.29 bits per heavy atom. The molecule has 0 aliphatic carbocycles. The Hall–Kier alpha value is -2.82. The Morgan fingerprint density at radius 2 is 1.75 bits per heavy atom. The maximum absolute atomic E-state index is 12.4. The topological polar surface area (TPSA) is 81.4 Å². The Bertz CT molecular complexity index is 739. The van der Waals surface area contributed by atoms with E-state index in [-0.39, 0.29) is 5.91 Å². The van der Waals surface area contributed by atoms with E-state index in [1.54, 1.807) is 24.3 Å². The van der Waals surface area contributed by atoms with Gasteiger partial charge in [0.05, 0.1) is 0 Å². The number of anilines is 1. The minimum Gasteiger partial charge on any atom is -0.481 e. The van der Waals surface area contributed by atoms with E-state index in [9.17, 15) is 9.59 Å². The van der Waals surface area contributed by atoms with E-state index in [2.05, 4.69) is 5.32 Å². The first kappa shape index (κ1) is 17.5. The largest absolute Gasteiger partial charge is 0.481 e. The summed E-state index contributed by atoms with van der Waals surface area (Å²) in [6.07, 6.45) is -0.0547. The molecule has 0 heterocycles. The molecule has 0 bridgehead atoms. The maximum atomic E-state index is 12.4. The molecule has 2 aromatic rings. The van der Waals surface area contributed by atoms with Crippen LogP contribution in [0.4, 0.5) is 5.69 Å². The summed E-state index contributed by atoms with van der Waals surface area (Å²) < 4.78 is 5.81. The van der Waals surface area contributed by atoms with Gasteiger partial charge >= 0.3 is 0 Å². The second kappa shape index (κ2) is 7.64. The molecule has 0 saturated heterocycles. The molecule has 2 amide bonds. The molecule has 0 aliphatic rings. The fourth-order valence-electron chi connectivity index (χ4n) is 2.21. The number of hydrogen-bond acceptors (Lipinski definition) is 3. The lowest BCUT2D eigenvalue weighted by atomic mass is 10.1. The molecule has 0 saturated carbocycles. The first-order valence-corrected chi connectivity index (χ1v) is 7.85. The minimum absolute atomic E-state index is 0.234. The van der Waals surface area contributed by atoms with Crippen LogP contribution in [0.2, 0.25) is 0 Å². The zero-order chi connectivity index (χ0) is 17.7. The molecule has 0 fully saturated rings. The number of amides is 2. The molecule has 0 aromatic heterocycles. The zero-order valence-corrected chi connectivity index (χ0v) is 14.1. The molecular formula is C19H22N2O3. The third-order valence-electron chi connectivity index (χ3n) is 3.86. The van der Waals surface area contributed by atoms with Gasteiger partial charge in [-0.2, -0.15) is 0 Å². The molecule has 1 atom stereocenters. The van der Waals surface area contributed by atoms with E-state index >= 15 is 0 Å². The Balaban J connectivity index is 2.05. The molecule has 2 aromatic carbocycles. The van der Waals surface area contributed by atoms with Crippen LogP contribution in [0.1, 0.15) is 34.8 Å². The van der Waals surface area contributed by atoms with Crippen LogP contribution in [0.3, 0.4) is 0 Å². The molecule has 0 unspecified atom stereocenters. The van der Waals surface area contributed by atoms with Gasteiger partial charge in [0, 0.05) is 11.3 Å². The summed E-state index contributed by atoms with van der Waals surface area (Å²) in [7, 11) is 0. The van der Waals surface area contributed by atoms with Crippen molar-refractivity contribution in [2.45, 2.75) is 33.3 Å². The lowest BCUT2D eigenvalue weighted by Crippen LogP contribution is -2.32. The predicted molar refractivity (Wildman–Crippen MR) is 94.2 cm³/mol. The van der Waals surface area contributed by atoms with Crippen LogP contribution in [-0.4, -0.2) is 17.9 Å². The van der Waals surface area contributed by atoms with Crippen LogP contribution in [0.25, 0.3) is 0 Å². The lowest BCUT2D eigenvalue weighted by molar-refractivity contribution is -0.122. The van der Waals surface area contributed by atoms with Crippen LogP contribution in [-0.2, 0) is 4.79 Å². The number of primary amides is 1. The zero-order valence-electron chi connectivity index (χ0n) is 14.1. The summed E-state index contributed by atoms with van der Waals surface area (Å²) in [5.41, 5.74) is 8.47. The Morgan fingerprint density at radius 1 is 1.08 bits per heavy atom. The fourth-order valence-corrected chi connectivity index (χ4v) is 2.21. The summed E-state index contributed by atoms with van der Waals surface area (Å²) in [5.74, 6) is -0.0656. The summed E-state index contributed by atoms with van der Waals surface area (Å²) in [6, 6.07) is 12.2. The number of rotatable bonds is 6. The van der Waals surface area contributed by atoms with E-state index in [0.717, 1.165) is 5.56 Å². The highest BCUT2D eigenvalue weighted by Gasteiger charge is 2.18. The van der Waals surface area contributed by atoms with E-state index in [1.165, 1.54) is 5.56 Å². The van der Waals surface area contributed by atoms with E-state index in [1.807, 2.05) is 39.0 Å². The van der Waals surface area contributed by atoms with Crippen molar-refractivity contribution in [2.24, 2.45) is 5.73 Å². The predicted octanol–water partition coefficient (Wildman–Crippen LogP) is 3.20. The molecule has 24 heavy (non-hydrogen) atoms. The average molecular weight is 326 g/mol. The number of aryl methyl sites for hydroxylation is 2. The Kier molecular flexibility index (Phi) is 5.58. The van der Waals surface area contributed by atoms with E-state index in [0.29, 0.717) is 23.4 Å². The third kappa shape index (κ3) is 4.35. The van der Waals surface area contributed by atoms with Gasteiger partial charge in [-0.25, -0.2) is 0 Å². The van der Waals surface area contributed by atoms with Crippen LogP contribution in [0.5, 0.6) is 5.75 Å². The van der Waals surface area contributed by atoms with Gasteiger partial charge in [-0.15, -0.1) is 0 Å². The first-order chi connectivity index (χ1) is 11.4. The Labute approximate surface area is 141 Å². The minimum atomic E-state index is -0.595. The smallest absolute Gasteiger partial charge is 0.265 e. The van der Waals surface area contributed by atoms with Gasteiger partial charge in [0.2, 0.25) is 5.91 Å². The molecule has 5 heteroatoms. The monoisotopic (exact) mass is 326 g/mol. The number of nitrogens with two attached hydrogens (primary N) is 1. The molecule has 0 radical (unpaired) electrons. The van der Waals surface area contributed by atoms with Crippen LogP contribution >= 0.6 is 0 Å². The summed E-state index contributed by atoms with van der Waals surface area (Å²) in [5, 5.41) is 2.79. The summed E-state index contributed by atoms with van der Waals surface area (Å²) in [6.45, 7) is 5.92. The normalized spacial score (nSPS) is 11.6. The molecule has 5 nitrogen and oxygen atoms in total. The van der Waals surface area contributed by atoms with Gasteiger partial charge in [-0.1, -0.05) is 13.0 Å². The van der Waals surface area contributed by atoms with Crippen molar-refractivity contribution in [3.63, 3.8) is 0 Å². The van der Waals surface area contributed by atoms with Crippen molar-refractivity contribution in [3.8, 4) is 5.75 Å². The molecule has 3 N–H and O–H groups in total. The standard InChI is InChI=1S/C19H22N2O3/c1-4-17(24-16-10-5-12(2)13(3)11-16)19(23)21-15-8-6-14(7-9-15)18(20)22/h5-11,17H,4H2,1-3H3,(H2,20,22)(H,21,23)/t17-/m0/s1. The number of nitrogens with one attached hydrogen (secondary N) is 1. The highest BCUT2D eigenvalue weighted by molar-refractivity contribution is 5.96. The quantitative estimate of drug-likeness (QED) is 0.855. The van der Waals surface area contributed by atoms with Crippen molar-refractivity contribution in [2.75, 3.05) is 5.32 Å². The fraction of sp³-hybridized carbons (Fsp3) is 0.263. The van der Waals surface area contributed by atoms with Gasteiger partial charge in [-0.3, -0.25) is 9.59 Å². The number of benzene rings is 2. The van der Waals surface area contributed by atoms with Crippen molar-refractivity contribution in [1.82, 2.24) is 0 Å². The van der Waals surface area contributed by atoms with Crippen molar-refractivity contribution < 1.29 is 14.3 Å². The van der Waals surface area contributed by atoms with Gasteiger partial charge in [0.1, 0.15) is 5.75 Å². The second-order valence-corrected chi connectivity index (χ2v) is 5.69. The number of carbonyl (C=O) groups excluding carboxylic acids is 2. The van der Waals surface area contributed by atoms with Gasteiger partial charge in [0.15, 0.2) is 6.10 Å². The number of hydrogen-bond donors (Lipinski definition) is 2. The number of ether oxygens (including phenoxy) is 1. The maximum Gasteiger partial charge on any atom is 0.265 e. The summed E-state index contributed by atoms with van der Waals surface area (Å²) in [4.78, 5) is 23.4. The highest BCUT2D eigenvalue weighted by atomic mass is 16.5. The second-order valence-electron chi connectivity index (χ2n) is 5.69. The van der Waals surface area contributed by atoms with Crippen molar-refractivity contribution in [3.05, 3.63) is 59.2 Å². The van der Waals surface area contributed by atoms with Gasteiger partial charge < -0.3 is 15.8 Å². The van der Waals surface area contributed by atoms with Crippen molar-refractivity contribution in [1.29, 1.82) is 0 Å². The molecular weight excluding hydrogens is 304 g/mol. The van der Waals surface area contributed by atoms with E-state index in [4.69, 9.17) is 10.5 Å². The highest BCUT2D eigenvalue weighted by Crippen LogP contribution is 2.19. The lowest BCUT2D eigenvalue weighted by Gasteiger charge is -2.18. The first-order valence-electron chi connectivity index (χ1n) is 7.85. The number of carbonyl (C=O) groups is 2. The SMILES string of the molecule is CC[C@H](Oc1ccc(C)c(C)c1)C(=O)Nc1ccc(C(N)=O)cc1. The summed E-state index contributed by atoms with van der Waals surface area (Å²) >= 11 is 0. The molecule has 126 valence electrons. The van der Waals surface area contributed by atoms with Crippen molar-refractivity contribution >= 4 is 17.5 Å². The van der Waals surface area contributed by atoms with Crippen LogP contribution in [0.15, 0.2) is 42.5 Å². The molecule has 0 aliphatic heterocycles. The van der Waals surface area contributed by atoms with Crippen LogP contribution < -0.4 is 15.8 Å². The molecule has 2 rings (SSSR count). The van der Waals surface area contributed by atoms with Gasteiger partial charge in [0.25, 0.3) is 5.91 Å². The average Bonchev–Trinajstić information content (AvgIpc) is 2.56. The van der Waals surface area contributed by atoms with Gasteiger partial charge in [-0.05, 0) is 67.8 Å². The van der Waals surface area contributed by atoms with Crippen LogP contribution in [0, 0.1) is 13.8 Å². The van der Waals surface area contributed by atoms with E-state index < -0.39 is 12.0 Å². The third-order valence-corrected chi connectivity index (χ3v) is 3.86.